The van der Waals surface area contributed by atoms with Gasteiger partial charge in [-0.3, -0.25) is 47.9 Å². The Balaban J connectivity index is 3.20. The lowest BCUT2D eigenvalue weighted by Gasteiger charge is -2.26. The number of carboxylic acids is 2. The quantitative estimate of drug-likeness (QED) is 0.0280. The normalized spacial score (nSPS) is 14.9. The van der Waals surface area contributed by atoms with Gasteiger partial charge >= 0.3 is 11.9 Å². The molecule has 0 aliphatic rings. The molecule has 0 spiro atoms. The smallest absolute Gasteiger partial charge is 0.326 e. The van der Waals surface area contributed by atoms with Gasteiger partial charge < -0.3 is 91.8 Å². The van der Waals surface area contributed by atoms with E-state index in [0.29, 0.717) is 70.0 Å². The Morgan fingerprint density at radius 1 is 0.397 bits per heavy atom. The van der Waals surface area contributed by atoms with Gasteiger partial charge in [-0.05, 0) is 155 Å². The lowest BCUT2D eigenvalue weighted by Crippen LogP contribution is -2.59. The SMILES string of the molecule is C[C@H](NC(=O)[C@H](C)NC(=O)[C@H](CCCCN)NC(=O)[C@H](CCCCN)NC(=O)[C@@H](N)CCC(=O)O)C(=O)N[C@@H](Cc1ccc(O)cc1)C(=O)N[C@@H](C)C(=O)N[C@@H](CCCCN)C(=O)N[C@@H](C)C(=O)N[C@@H](CCCCN)C(=O)O. The predicted molar refractivity (Wildman–Crippen MR) is 286 cm³/mol. The van der Waals surface area contributed by atoms with Crippen molar-refractivity contribution < 1.29 is 68.1 Å². The molecule has 1 rings (SSSR count). The van der Waals surface area contributed by atoms with Crippen LogP contribution in [0.3, 0.4) is 0 Å². The van der Waals surface area contributed by atoms with Gasteiger partial charge in [0.05, 0.1) is 6.04 Å². The average Bonchev–Trinajstić information content (AvgIpc) is 3.38. The molecule has 0 bridgehead atoms. The van der Waals surface area contributed by atoms with Crippen LogP contribution in [0.25, 0.3) is 0 Å². The fraction of sp³-hybridized carbons (Fsp3) is 0.660. The van der Waals surface area contributed by atoms with E-state index in [1.807, 2.05) is 0 Å². The highest BCUT2D eigenvalue weighted by Gasteiger charge is 2.33. The molecule has 10 atom stereocenters. The van der Waals surface area contributed by atoms with Crippen LogP contribution in [0, 0.1) is 0 Å². The van der Waals surface area contributed by atoms with Crippen molar-refractivity contribution in [1.82, 2.24) is 47.9 Å². The van der Waals surface area contributed by atoms with E-state index >= 15 is 0 Å². The van der Waals surface area contributed by atoms with Crippen LogP contribution < -0.4 is 76.5 Å². The first-order valence-electron chi connectivity index (χ1n) is 26.4. The summed E-state index contributed by atoms with van der Waals surface area (Å²) in [5, 5.41) is 51.2. The van der Waals surface area contributed by atoms with Gasteiger partial charge in [0.25, 0.3) is 0 Å². The zero-order chi connectivity index (χ0) is 58.9. The maximum absolute atomic E-state index is 13.9. The first-order chi connectivity index (χ1) is 36.9. The van der Waals surface area contributed by atoms with Crippen molar-refractivity contribution >= 4 is 65.1 Å². The second-order valence-corrected chi connectivity index (χ2v) is 19.1. The third kappa shape index (κ3) is 27.3. The molecule has 28 heteroatoms. The van der Waals surface area contributed by atoms with Crippen LogP contribution in [0.2, 0.25) is 0 Å². The first kappa shape index (κ1) is 69.0. The van der Waals surface area contributed by atoms with Gasteiger partial charge in [-0.2, -0.15) is 0 Å². The molecule has 440 valence electrons. The van der Waals surface area contributed by atoms with Gasteiger partial charge in [0.2, 0.25) is 53.2 Å². The molecule has 9 amide bonds. The zero-order valence-corrected chi connectivity index (χ0v) is 45.2. The van der Waals surface area contributed by atoms with Crippen LogP contribution in [0.15, 0.2) is 24.3 Å². The third-order valence-electron chi connectivity index (χ3n) is 12.3. The number of phenolic OH excluding ortho intramolecular Hbond substituents is 1. The van der Waals surface area contributed by atoms with Crippen molar-refractivity contribution in [3.63, 3.8) is 0 Å². The molecule has 0 aliphatic carbocycles. The molecule has 0 heterocycles. The monoisotopic (exact) mass is 1110 g/mol. The second-order valence-electron chi connectivity index (χ2n) is 19.1. The average molecular weight is 1110 g/mol. The summed E-state index contributed by atoms with van der Waals surface area (Å²) in [6, 6.07) is -6.97. The molecule has 0 saturated carbocycles. The van der Waals surface area contributed by atoms with E-state index in [2.05, 4.69) is 47.9 Å². The number of nitrogens with one attached hydrogen (secondary N) is 9. The van der Waals surface area contributed by atoms with Crippen LogP contribution in [-0.4, -0.2) is 167 Å². The van der Waals surface area contributed by atoms with E-state index in [1.165, 1.54) is 52.0 Å². The Morgan fingerprint density at radius 2 is 0.692 bits per heavy atom. The highest BCUT2D eigenvalue weighted by molar-refractivity contribution is 5.98. The topological polar surface area (TPSA) is 487 Å². The third-order valence-corrected chi connectivity index (χ3v) is 12.3. The van der Waals surface area contributed by atoms with Crippen molar-refractivity contribution in [1.29, 1.82) is 0 Å². The number of aliphatic carboxylic acids is 2. The number of nitrogens with two attached hydrogens (primary N) is 5. The molecule has 0 aliphatic heterocycles. The maximum Gasteiger partial charge on any atom is 0.326 e. The minimum atomic E-state index is -1.40. The Bertz CT molecular complexity index is 2120. The lowest BCUT2D eigenvalue weighted by atomic mass is 10.0. The molecule has 0 radical (unpaired) electrons. The van der Waals surface area contributed by atoms with E-state index in [9.17, 15) is 63.0 Å². The standard InChI is InChI=1S/C50H86N14O14/c1-28(57-47(74)36(14-6-10-24-52)62-48(75)37(15-7-11-25-53)61-45(72)34(55)21-22-40(66)67)41(68)56-29(2)44(71)64-39(27-32-17-19-33(65)20-18-32)49(76)59-30(3)42(69)60-35(13-5-9-23-51)46(73)58-31(4)43(70)63-38(50(77)78)16-8-12-26-54/h17-20,28-31,34-39,65H,5-16,21-27,51-55H2,1-4H3,(H,56,68)(H,57,74)(H,58,73)(H,59,76)(H,60,69)(H,61,72)(H,62,75)(H,63,70)(H,64,71)(H,66,67)(H,77,78)/t28-,29-,30-,31-,34-,35-,36-,37-,38-,39-/m0/s1. The van der Waals surface area contributed by atoms with Crippen LogP contribution in [0.1, 0.15) is 123 Å². The van der Waals surface area contributed by atoms with Gasteiger partial charge in [0, 0.05) is 12.8 Å². The number of benzene rings is 1. The largest absolute Gasteiger partial charge is 0.508 e. The lowest BCUT2D eigenvalue weighted by molar-refractivity contribution is -0.142. The summed E-state index contributed by atoms with van der Waals surface area (Å²) >= 11 is 0. The molecule has 0 saturated heterocycles. The predicted octanol–water partition coefficient (Wildman–Crippen LogP) is -3.83. The van der Waals surface area contributed by atoms with E-state index in [1.54, 1.807) is 0 Å². The van der Waals surface area contributed by atoms with Crippen LogP contribution >= 0.6 is 0 Å². The number of carboxylic acid groups (broad SMARTS) is 2. The first-order valence-corrected chi connectivity index (χ1v) is 26.4. The number of carbonyl (C=O) groups excluding carboxylic acids is 9. The van der Waals surface area contributed by atoms with Gasteiger partial charge in [-0.25, -0.2) is 4.79 Å². The van der Waals surface area contributed by atoms with Crippen molar-refractivity contribution in [2.75, 3.05) is 26.2 Å². The van der Waals surface area contributed by atoms with Crippen molar-refractivity contribution in [2.24, 2.45) is 28.7 Å². The molecule has 22 N–H and O–H groups in total. The van der Waals surface area contributed by atoms with Crippen molar-refractivity contribution in [3.8, 4) is 5.75 Å². The molecule has 1 aromatic carbocycles. The molecule has 78 heavy (non-hydrogen) atoms. The number of carbonyl (C=O) groups is 11. The van der Waals surface area contributed by atoms with Crippen LogP contribution in [0.5, 0.6) is 5.75 Å². The number of hydrogen-bond acceptors (Lipinski definition) is 17. The van der Waals surface area contributed by atoms with E-state index in [0.717, 1.165) is 0 Å². The number of amides is 9. The highest BCUT2D eigenvalue weighted by atomic mass is 16.4. The van der Waals surface area contributed by atoms with E-state index < -0.39 is 126 Å². The van der Waals surface area contributed by atoms with Gasteiger partial charge in [-0.1, -0.05) is 12.1 Å². The highest BCUT2D eigenvalue weighted by Crippen LogP contribution is 2.13. The Hall–Kier alpha value is -7.01. The van der Waals surface area contributed by atoms with E-state index in [4.69, 9.17) is 33.8 Å². The molecule has 0 aromatic heterocycles. The zero-order valence-electron chi connectivity index (χ0n) is 45.2. The van der Waals surface area contributed by atoms with Gasteiger partial charge in [0.1, 0.15) is 60.1 Å². The van der Waals surface area contributed by atoms with Crippen LogP contribution in [0.4, 0.5) is 0 Å². The fourth-order valence-corrected chi connectivity index (χ4v) is 7.51. The minimum absolute atomic E-state index is 0.0745. The molecule has 1 aromatic rings. The van der Waals surface area contributed by atoms with Gasteiger partial charge in [0.15, 0.2) is 0 Å². The summed E-state index contributed by atoms with van der Waals surface area (Å²) in [5.41, 5.74) is 28.8. The number of hydrogen-bond donors (Lipinski definition) is 17. The summed E-state index contributed by atoms with van der Waals surface area (Å²) < 4.78 is 0. The number of phenols is 1. The fourth-order valence-electron chi connectivity index (χ4n) is 7.51. The number of rotatable bonds is 40. The molecular formula is C50H86N14O14. The van der Waals surface area contributed by atoms with Gasteiger partial charge in [-0.15, -0.1) is 0 Å². The maximum atomic E-state index is 13.9. The van der Waals surface area contributed by atoms with E-state index in [-0.39, 0.29) is 63.8 Å². The summed E-state index contributed by atoms with van der Waals surface area (Å²) in [5.74, 6) is -9.75. The molecule has 28 nitrogen and oxygen atoms in total. The number of unbranched alkanes of at least 4 members (excludes halogenated alkanes) is 4. The van der Waals surface area contributed by atoms with Crippen molar-refractivity contribution in [2.45, 2.75) is 184 Å². The summed E-state index contributed by atoms with van der Waals surface area (Å²) in [7, 11) is 0. The minimum Gasteiger partial charge on any atom is -0.508 e. The summed E-state index contributed by atoms with van der Waals surface area (Å²) in [6.07, 6.45) is 3.23. The van der Waals surface area contributed by atoms with Crippen LogP contribution in [-0.2, 0) is 59.2 Å². The Kier molecular flexibility index (Phi) is 33.4. The Labute approximate surface area is 454 Å². The number of aromatic hydroxyl groups is 1. The summed E-state index contributed by atoms with van der Waals surface area (Å²) in [6.45, 7) is 6.49. The molecule has 0 unspecified atom stereocenters. The summed E-state index contributed by atoms with van der Waals surface area (Å²) in [4.78, 5) is 144. The second kappa shape index (κ2) is 37.7. The Morgan fingerprint density at radius 3 is 1.06 bits per heavy atom. The molecular weight excluding hydrogens is 1020 g/mol. The van der Waals surface area contributed by atoms with Crippen molar-refractivity contribution in [3.05, 3.63) is 29.8 Å². The molecule has 0 fully saturated rings.